The van der Waals surface area contributed by atoms with E-state index in [1.165, 1.54) is 24.3 Å². The first-order valence-electron chi connectivity index (χ1n) is 15.8. The molecule has 3 aromatic carbocycles. The van der Waals surface area contributed by atoms with E-state index in [1.807, 2.05) is 23.9 Å². The summed E-state index contributed by atoms with van der Waals surface area (Å²) in [5.74, 6) is -4.05. The molecule has 0 atom stereocenters. The minimum Gasteiger partial charge on any atom is -0.369 e. The summed E-state index contributed by atoms with van der Waals surface area (Å²) in [7, 11) is 3.86. The number of hydrogen-bond donors (Lipinski definition) is 2. The van der Waals surface area contributed by atoms with Crippen LogP contribution in [-0.2, 0) is 11.2 Å². The molecule has 0 bridgehead atoms. The summed E-state index contributed by atoms with van der Waals surface area (Å²) in [5.41, 5.74) is 2.05. The van der Waals surface area contributed by atoms with Gasteiger partial charge in [-0.25, -0.2) is 8.78 Å². The molecule has 4 aromatic rings. The number of aromatic nitrogens is 2. The fourth-order valence-electron chi connectivity index (χ4n) is 6.42. The fourth-order valence-corrected chi connectivity index (χ4v) is 6.42. The Morgan fingerprint density at radius 2 is 1.54 bits per heavy atom. The normalized spacial score (nSPS) is 16.8. The second-order valence-electron chi connectivity index (χ2n) is 12.6. The number of benzene rings is 3. The lowest BCUT2D eigenvalue weighted by molar-refractivity contribution is -0.171. The molecule has 0 saturated carbocycles. The number of hydrogen-bond acceptors (Lipinski definition) is 6. The van der Waals surface area contributed by atoms with Gasteiger partial charge in [0.1, 0.15) is 11.6 Å². The van der Waals surface area contributed by atoms with E-state index in [2.05, 4.69) is 20.4 Å². The summed E-state index contributed by atoms with van der Waals surface area (Å²) >= 11 is 0. The molecule has 48 heavy (non-hydrogen) atoms. The van der Waals surface area contributed by atoms with Crippen molar-refractivity contribution in [3.63, 3.8) is 0 Å². The maximum atomic E-state index is 14.2. The molecule has 0 radical (unpaired) electrons. The van der Waals surface area contributed by atoms with Gasteiger partial charge in [0.15, 0.2) is 5.82 Å². The van der Waals surface area contributed by atoms with Crippen LogP contribution < -0.4 is 15.1 Å². The Morgan fingerprint density at radius 1 is 0.875 bits per heavy atom. The zero-order chi connectivity index (χ0) is 34.2. The van der Waals surface area contributed by atoms with Crippen molar-refractivity contribution in [3.8, 4) is 0 Å². The lowest BCUT2D eigenvalue weighted by Crippen LogP contribution is -2.52. The third kappa shape index (κ3) is 7.29. The number of likely N-dealkylation sites (tertiary alicyclic amines) is 1. The molecule has 6 rings (SSSR count). The molecule has 2 fully saturated rings. The number of alkyl halides is 3. The molecular formula is C34H36F5N7O2. The Bertz CT molecular complexity index is 1790. The van der Waals surface area contributed by atoms with E-state index in [0.29, 0.717) is 66.7 Å². The first-order valence-corrected chi connectivity index (χ1v) is 15.8. The highest BCUT2D eigenvalue weighted by atomic mass is 19.4. The van der Waals surface area contributed by atoms with Gasteiger partial charge in [-0.1, -0.05) is 6.07 Å². The van der Waals surface area contributed by atoms with Gasteiger partial charge in [0, 0.05) is 49.4 Å². The Morgan fingerprint density at radius 3 is 2.21 bits per heavy atom. The van der Waals surface area contributed by atoms with Crippen LogP contribution in [0.3, 0.4) is 0 Å². The number of likely N-dealkylation sites (N-methyl/N-ethyl adjacent to an activating group) is 1. The predicted octanol–water partition coefficient (Wildman–Crippen LogP) is 5.43. The quantitative estimate of drug-likeness (QED) is 0.256. The minimum atomic E-state index is -5.17. The molecule has 0 aliphatic carbocycles. The molecule has 1 aromatic heterocycles. The molecule has 2 N–H and O–H groups in total. The number of nitrogens with one attached hydrogen (secondary N) is 2. The second kappa shape index (κ2) is 13.5. The molecule has 9 nitrogen and oxygen atoms in total. The number of carbonyl (C=O) groups is 2. The number of anilines is 3. The average molecular weight is 670 g/mol. The van der Waals surface area contributed by atoms with Gasteiger partial charge in [-0.15, -0.1) is 0 Å². The third-order valence-corrected chi connectivity index (χ3v) is 9.06. The van der Waals surface area contributed by atoms with E-state index in [4.69, 9.17) is 0 Å². The van der Waals surface area contributed by atoms with Crippen LogP contribution in [0.25, 0.3) is 10.9 Å². The minimum absolute atomic E-state index is 0.105. The number of carbonyl (C=O) groups excluding carboxylic acids is 2. The van der Waals surface area contributed by atoms with Gasteiger partial charge in [0.05, 0.1) is 16.8 Å². The van der Waals surface area contributed by atoms with Crippen molar-refractivity contribution >= 4 is 39.9 Å². The highest BCUT2D eigenvalue weighted by molar-refractivity contribution is 6.13. The summed E-state index contributed by atoms with van der Waals surface area (Å²) in [6.07, 6.45) is -4.35. The van der Waals surface area contributed by atoms with E-state index in [-0.39, 0.29) is 23.5 Å². The van der Waals surface area contributed by atoms with Crippen molar-refractivity contribution in [1.29, 1.82) is 0 Å². The molecule has 3 heterocycles. The largest absolute Gasteiger partial charge is 0.471 e. The monoisotopic (exact) mass is 669 g/mol. The summed E-state index contributed by atoms with van der Waals surface area (Å²) in [4.78, 5) is 34.0. The van der Waals surface area contributed by atoms with Crippen LogP contribution >= 0.6 is 0 Å². The van der Waals surface area contributed by atoms with Crippen molar-refractivity contribution in [2.45, 2.75) is 31.5 Å². The maximum Gasteiger partial charge on any atom is 0.471 e. The second-order valence-corrected chi connectivity index (χ2v) is 12.6. The number of H-pyrrole nitrogens is 1. The summed E-state index contributed by atoms with van der Waals surface area (Å²) in [6, 6.07) is 12.3. The fraction of sp³-hybridized carbons (Fsp3) is 0.382. The molecule has 2 aliphatic rings. The Labute approximate surface area is 274 Å². The van der Waals surface area contributed by atoms with Crippen LogP contribution in [0.4, 0.5) is 39.1 Å². The number of nitrogens with zero attached hydrogens (tertiary/aromatic N) is 5. The number of aromatic amines is 1. The predicted molar refractivity (Wildman–Crippen MR) is 173 cm³/mol. The zero-order valence-corrected chi connectivity index (χ0v) is 26.6. The van der Waals surface area contributed by atoms with Crippen molar-refractivity contribution in [2.24, 2.45) is 0 Å². The lowest BCUT2D eigenvalue weighted by atomic mass is 10.00. The molecule has 0 unspecified atom stereocenters. The SMILES string of the molecule is CN1CCC(N(C(=O)C(F)(F)F)c2cc(N3CCN(C)CC3)ccc2C(=O)Nc2n[nH]c3ccc(Cc4cc(F)cc(F)c4)cc23)CC1. The van der Waals surface area contributed by atoms with Crippen LogP contribution in [0.5, 0.6) is 0 Å². The van der Waals surface area contributed by atoms with Crippen LogP contribution in [-0.4, -0.2) is 97.4 Å². The van der Waals surface area contributed by atoms with Crippen LogP contribution in [0, 0.1) is 11.6 Å². The molecule has 254 valence electrons. The van der Waals surface area contributed by atoms with Crippen molar-refractivity contribution in [2.75, 3.05) is 68.5 Å². The van der Waals surface area contributed by atoms with E-state index in [1.54, 1.807) is 24.3 Å². The van der Waals surface area contributed by atoms with E-state index >= 15 is 0 Å². The van der Waals surface area contributed by atoms with Gasteiger partial charge in [0.25, 0.3) is 5.91 Å². The first-order chi connectivity index (χ1) is 22.9. The molecule has 2 amide bonds. The summed E-state index contributed by atoms with van der Waals surface area (Å²) < 4.78 is 70.2. The number of amides is 2. The van der Waals surface area contributed by atoms with Crippen LogP contribution in [0.15, 0.2) is 54.6 Å². The van der Waals surface area contributed by atoms with Gasteiger partial charge in [-0.2, -0.15) is 18.3 Å². The number of piperidine rings is 1. The number of halogens is 5. The Kier molecular flexibility index (Phi) is 9.39. The Balaban J connectivity index is 1.36. The molecule has 0 spiro atoms. The van der Waals surface area contributed by atoms with Crippen molar-refractivity contribution < 1.29 is 31.5 Å². The zero-order valence-electron chi connectivity index (χ0n) is 26.6. The van der Waals surface area contributed by atoms with Gasteiger partial charge in [-0.3, -0.25) is 14.7 Å². The number of fused-ring (bicyclic) bond motifs is 1. The van der Waals surface area contributed by atoms with E-state index < -0.39 is 35.7 Å². The average Bonchev–Trinajstić information content (AvgIpc) is 3.43. The Hall–Kier alpha value is -4.56. The smallest absolute Gasteiger partial charge is 0.369 e. The molecule has 2 saturated heterocycles. The van der Waals surface area contributed by atoms with Gasteiger partial charge in [0.2, 0.25) is 0 Å². The number of piperazine rings is 1. The van der Waals surface area contributed by atoms with Gasteiger partial charge in [-0.05, 0) is 100 Å². The van der Waals surface area contributed by atoms with Crippen molar-refractivity contribution in [1.82, 2.24) is 20.0 Å². The molecule has 2 aliphatic heterocycles. The molecule has 14 heteroatoms. The van der Waals surface area contributed by atoms with Crippen LogP contribution in [0.2, 0.25) is 0 Å². The topological polar surface area (TPSA) is 87.8 Å². The highest BCUT2D eigenvalue weighted by Crippen LogP contribution is 2.36. The van der Waals surface area contributed by atoms with Crippen molar-refractivity contribution in [3.05, 3.63) is 82.9 Å². The van der Waals surface area contributed by atoms with E-state index in [0.717, 1.165) is 24.1 Å². The maximum absolute atomic E-state index is 14.2. The number of rotatable bonds is 7. The lowest BCUT2D eigenvalue weighted by Gasteiger charge is -2.39. The first kappa shape index (κ1) is 33.3. The third-order valence-electron chi connectivity index (χ3n) is 9.06. The standard InChI is InChI=1S/C34H36F5N7O2/c1-43-9-7-25(8-10-43)46(33(48)34(37,38)39)30-20-26(45-13-11-44(2)12-14-45)4-5-27(30)32(47)40-31-28-18-21(3-6-29(28)41-42-31)15-22-16-23(35)19-24(36)17-22/h3-6,16-20,25H,7-15H2,1-2H3,(H2,40,41,42,47). The van der Waals surface area contributed by atoms with E-state index in [9.17, 15) is 31.5 Å². The van der Waals surface area contributed by atoms with Gasteiger partial charge >= 0.3 is 12.1 Å². The molecular weight excluding hydrogens is 633 g/mol. The van der Waals surface area contributed by atoms with Crippen LogP contribution in [0.1, 0.15) is 34.3 Å². The summed E-state index contributed by atoms with van der Waals surface area (Å²) in [6.45, 7) is 3.76. The van der Waals surface area contributed by atoms with Gasteiger partial charge < -0.3 is 24.9 Å². The summed E-state index contributed by atoms with van der Waals surface area (Å²) in [5, 5.41) is 10.3. The highest BCUT2D eigenvalue weighted by Gasteiger charge is 2.46.